The van der Waals surface area contributed by atoms with Crippen molar-refractivity contribution in [3.63, 3.8) is 0 Å². The van der Waals surface area contributed by atoms with E-state index in [4.69, 9.17) is 0 Å². The molecule has 0 spiro atoms. The smallest absolute Gasteiger partial charge is 0.330 e. The topological polar surface area (TPSA) is 26.3 Å². The molecule has 15 heavy (non-hydrogen) atoms. The van der Waals surface area contributed by atoms with Crippen LogP contribution in [0.3, 0.4) is 0 Å². The van der Waals surface area contributed by atoms with Gasteiger partial charge in [-0.15, -0.1) is 0 Å². The Bertz CT molecular complexity index is 213. The van der Waals surface area contributed by atoms with Crippen LogP contribution in [0.4, 0.5) is 0 Å². The molecule has 0 radical (unpaired) electrons. The summed E-state index contributed by atoms with van der Waals surface area (Å²) in [6, 6.07) is 0. The molecule has 0 amide bonds. The number of esters is 1. The first-order chi connectivity index (χ1) is 7.26. The molecule has 0 aromatic heterocycles. The van der Waals surface area contributed by atoms with Crippen LogP contribution in [0.5, 0.6) is 0 Å². The number of methoxy groups -OCH3 is 1. The molecular weight excluding hydrogens is 188 g/mol. The van der Waals surface area contributed by atoms with E-state index >= 15 is 0 Å². The van der Waals surface area contributed by atoms with Crippen molar-refractivity contribution in [1.29, 1.82) is 0 Å². The maximum Gasteiger partial charge on any atom is 0.330 e. The van der Waals surface area contributed by atoms with E-state index in [2.05, 4.69) is 11.7 Å². The molecule has 1 rings (SSSR count). The molecule has 0 atom stereocenters. The predicted molar refractivity (Wildman–Crippen MR) is 61.5 cm³/mol. The second-order valence-corrected chi connectivity index (χ2v) is 4.45. The average molecular weight is 210 g/mol. The van der Waals surface area contributed by atoms with Gasteiger partial charge in [-0.1, -0.05) is 25.8 Å². The van der Waals surface area contributed by atoms with Gasteiger partial charge < -0.3 is 4.74 Å². The largest absolute Gasteiger partial charge is 0.466 e. The number of allylic oxidation sites excluding steroid dienone is 1. The molecule has 0 heterocycles. The number of ether oxygens (including phenoxy) is 1. The van der Waals surface area contributed by atoms with Crippen LogP contribution in [0.2, 0.25) is 0 Å². The third-order valence-corrected chi connectivity index (χ3v) is 3.29. The lowest BCUT2D eigenvalue weighted by molar-refractivity contribution is -0.134. The van der Waals surface area contributed by atoms with E-state index < -0.39 is 0 Å². The second kappa shape index (κ2) is 6.65. The fraction of sp³-hybridized carbons (Fsp3) is 0.769. The Kier molecular flexibility index (Phi) is 5.44. The highest BCUT2D eigenvalue weighted by Crippen LogP contribution is 2.31. The van der Waals surface area contributed by atoms with Gasteiger partial charge in [0.05, 0.1) is 7.11 Å². The normalized spacial score (nSPS) is 26.8. The summed E-state index contributed by atoms with van der Waals surface area (Å²) >= 11 is 0. The molecule has 1 aliphatic rings. The van der Waals surface area contributed by atoms with E-state index in [1.54, 1.807) is 6.08 Å². The maximum atomic E-state index is 10.9. The van der Waals surface area contributed by atoms with E-state index in [0.717, 1.165) is 5.92 Å². The molecular formula is C13H22O2. The van der Waals surface area contributed by atoms with E-state index in [1.807, 2.05) is 6.08 Å². The lowest BCUT2D eigenvalue weighted by atomic mass is 9.80. The number of rotatable bonds is 4. The van der Waals surface area contributed by atoms with Gasteiger partial charge >= 0.3 is 5.97 Å². The number of hydrogen-bond donors (Lipinski definition) is 0. The van der Waals surface area contributed by atoms with Gasteiger partial charge in [-0.3, -0.25) is 0 Å². The van der Waals surface area contributed by atoms with Gasteiger partial charge in [-0.05, 0) is 37.5 Å². The molecule has 0 aromatic rings. The Hall–Kier alpha value is -0.790. The molecule has 86 valence electrons. The van der Waals surface area contributed by atoms with Crippen molar-refractivity contribution in [2.24, 2.45) is 11.8 Å². The highest BCUT2D eigenvalue weighted by atomic mass is 16.5. The second-order valence-electron chi connectivity index (χ2n) is 4.45. The third kappa shape index (κ3) is 4.50. The van der Waals surface area contributed by atoms with Crippen molar-refractivity contribution in [2.45, 2.75) is 45.4 Å². The third-order valence-electron chi connectivity index (χ3n) is 3.29. The van der Waals surface area contributed by atoms with Gasteiger partial charge in [0.2, 0.25) is 0 Å². The summed E-state index contributed by atoms with van der Waals surface area (Å²) in [6.45, 7) is 2.25. The van der Waals surface area contributed by atoms with Crippen LogP contribution >= 0.6 is 0 Å². The van der Waals surface area contributed by atoms with Crippen LogP contribution in [0, 0.1) is 11.8 Å². The van der Waals surface area contributed by atoms with Crippen LogP contribution in [0.1, 0.15) is 45.4 Å². The number of carbonyl (C=O) groups excluding carboxylic acids is 1. The van der Waals surface area contributed by atoms with Crippen LogP contribution in [-0.4, -0.2) is 13.1 Å². The molecule has 1 fully saturated rings. The van der Waals surface area contributed by atoms with Gasteiger partial charge in [0.15, 0.2) is 0 Å². The molecule has 1 saturated carbocycles. The molecule has 0 aromatic carbocycles. The first-order valence-corrected chi connectivity index (χ1v) is 6.02. The highest BCUT2D eigenvalue weighted by Gasteiger charge is 2.18. The SMILES string of the molecule is CCCC1CCC(/C=C/C(=O)OC)CC1. The van der Waals surface area contributed by atoms with Crippen molar-refractivity contribution < 1.29 is 9.53 Å². The fourth-order valence-corrected chi connectivity index (χ4v) is 2.36. The van der Waals surface area contributed by atoms with Gasteiger partial charge in [-0.2, -0.15) is 0 Å². The van der Waals surface area contributed by atoms with E-state index in [9.17, 15) is 4.79 Å². The first kappa shape index (κ1) is 12.3. The quantitative estimate of drug-likeness (QED) is 0.525. The van der Waals surface area contributed by atoms with Crippen LogP contribution in [0.15, 0.2) is 12.2 Å². The number of hydrogen-bond acceptors (Lipinski definition) is 2. The Morgan fingerprint density at radius 2 is 2.00 bits per heavy atom. The van der Waals surface area contributed by atoms with Gasteiger partial charge in [-0.25, -0.2) is 4.79 Å². The van der Waals surface area contributed by atoms with Crippen molar-refractivity contribution in [2.75, 3.05) is 7.11 Å². The summed E-state index contributed by atoms with van der Waals surface area (Å²) in [5.41, 5.74) is 0. The van der Waals surface area contributed by atoms with E-state index in [-0.39, 0.29) is 5.97 Å². The van der Waals surface area contributed by atoms with Gasteiger partial charge in [0.1, 0.15) is 0 Å². The van der Waals surface area contributed by atoms with Gasteiger partial charge in [0.25, 0.3) is 0 Å². The maximum absolute atomic E-state index is 10.9. The molecule has 0 aliphatic heterocycles. The minimum Gasteiger partial charge on any atom is -0.466 e. The summed E-state index contributed by atoms with van der Waals surface area (Å²) in [6.07, 6.45) is 11.4. The highest BCUT2D eigenvalue weighted by molar-refractivity contribution is 5.81. The molecule has 0 unspecified atom stereocenters. The molecule has 2 heteroatoms. The molecule has 2 nitrogen and oxygen atoms in total. The Balaban J connectivity index is 2.25. The Labute approximate surface area is 92.7 Å². The molecule has 0 saturated heterocycles. The van der Waals surface area contributed by atoms with Crippen molar-refractivity contribution in [3.05, 3.63) is 12.2 Å². The van der Waals surface area contributed by atoms with E-state index in [1.165, 1.54) is 45.6 Å². The summed E-state index contributed by atoms with van der Waals surface area (Å²) in [5.74, 6) is 1.29. The summed E-state index contributed by atoms with van der Waals surface area (Å²) in [5, 5.41) is 0. The summed E-state index contributed by atoms with van der Waals surface area (Å²) in [7, 11) is 1.42. The van der Waals surface area contributed by atoms with Crippen LogP contribution in [-0.2, 0) is 9.53 Å². The van der Waals surface area contributed by atoms with Crippen molar-refractivity contribution in [3.8, 4) is 0 Å². The minimum absolute atomic E-state index is 0.231. The zero-order valence-electron chi connectivity index (χ0n) is 9.87. The predicted octanol–water partition coefficient (Wildman–Crippen LogP) is 3.32. The summed E-state index contributed by atoms with van der Waals surface area (Å²) < 4.78 is 4.58. The van der Waals surface area contributed by atoms with Gasteiger partial charge in [0, 0.05) is 6.08 Å². The minimum atomic E-state index is -0.231. The average Bonchev–Trinajstić information content (AvgIpc) is 2.28. The molecule has 0 bridgehead atoms. The van der Waals surface area contributed by atoms with Crippen LogP contribution < -0.4 is 0 Å². The first-order valence-electron chi connectivity index (χ1n) is 6.02. The Morgan fingerprint density at radius 3 is 2.53 bits per heavy atom. The van der Waals surface area contributed by atoms with Crippen molar-refractivity contribution >= 4 is 5.97 Å². The fourth-order valence-electron chi connectivity index (χ4n) is 2.36. The number of carbonyl (C=O) groups is 1. The van der Waals surface area contributed by atoms with E-state index in [0.29, 0.717) is 5.92 Å². The van der Waals surface area contributed by atoms with Crippen LogP contribution in [0.25, 0.3) is 0 Å². The monoisotopic (exact) mass is 210 g/mol. The molecule has 1 aliphatic carbocycles. The Morgan fingerprint density at radius 1 is 1.33 bits per heavy atom. The standard InChI is InChI=1S/C13H22O2/c1-3-4-11-5-7-12(8-6-11)9-10-13(14)15-2/h9-12H,3-8H2,1-2H3/b10-9+. The lowest BCUT2D eigenvalue weighted by Crippen LogP contribution is -2.13. The zero-order chi connectivity index (χ0) is 11.1. The summed E-state index contributed by atoms with van der Waals surface area (Å²) in [4.78, 5) is 10.9. The zero-order valence-corrected chi connectivity index (χ0v) is 9.87. The molecule has 0 N–H and O–H groups in total. The van der Waals surface area contributed by atoms with Crippen molar-refractivity contribution in [1.82, 2.24) is 0 Å². The lowest BCUT2D eigenvalue weighted by Gasteiger charge is -2.26.